The topological polar surface area (TPSA) is 71.1 Å². The number of esters is 2. The van der Waals surface area contributed by atoms with Gasteiger partial charge in [0.25, 0.3) is 0 Å². The van der Waals surface area contributed by atoms with Gasteiger partial charge in [-0.05, 0) is 34.1 Å². The summed E-state index contributed by atoms with van der Waals surface area (Å²) in [6.45, 7) is 12.5. The fourth-order valence-corrected chi connectivity index (χ4v) is 1.40. The van der Waals surface area contributed by atoms with Crippen molar-refractivity contribution in [1.82, 2.24) is 0 Å². The molecule has 0 fully saturated rings. The van der Waals surface area contributed by atoms with Crippen LogP contribution in [0.5, 0.6) is 0 Å². The predicted molar refractivity (Wildman–Crippen MR) is 98.5 cm³/mol. The predicted octanol–water partition coefficient (Wildman–Crippen LogP) is 3.90. The van der Waals surface area contributed by atoms with E-state index in [1.54, 1.807) is 21.1 Å². The summed E-state index contributed by atoms with van der Waals surface area (Å²) in [6, 6.07) is 0. The minimum absolute atomic E-state index is 0.116. The Morgan fingerprint density at radius 2 is 1.16 bits per heavy atom. The Labute approximate surface area is 153 Å². The second kappa shape index (κ2) is 14.1. The van der Waals surface area contributed by atoms with Crippen LogP contribution in [0.15, 0.2) is 0 Å². The first-order chi connectivity index (χ1) is 11.5. The zero-order valence-electron chi connectivity index (χ0n) is 17.4. The molecule has 25 heavy (non-hydrogen) atoms. The molecule has 0 heterocycles. The lowest BCUT2D eigenvalue weighted by Gasteiger charge is -2.22. The molecule has 0 spiro atoms. The molecule has 0 aromatic rings. The van der Waals surface area contributed by atoms with Gasteiger partial charge in [0.1, 0.15) is 0 Å². The van der Waals surface area contributed by atoms with Crippen LogP contribution >= 0.6 is 0 Å². The summed E-state index contributed by atoms with van der Waals surface area (Å²) in [5, 5.41) is 0. The maximum atomic E-state index is 11.0. The van der Waals surface area contributed by atoms with E-state index in [1.807, 2.05) is 34.6 Å². The molecule has 0 aliphatic carbocycles. The highest BCUT2D eigenvalue weighted by atomic mass is 16.5. The van der Waals surface area contributed by atoms with Crippen molar-refractivity contribution in [2.45, 2.75) is 84.8 Å². The van der Waals surface area contributed by atoms with E-state index in [4.69, 9.17) is 18.9 Å². The Morgan fingerprint density at radius 1 is 0.760 bits per heavy atom. The Hall–Kier alpha value is -1.14. The number of rotatable bonds is 11. The molecule has 0 rings (SSSR count). The van der Waals surface area contributed by atoms with Crippen molar-refractivity contribution < 1.29 is 28.5 Å². The number of hydrogen-bond donors (Lipinski definition) is 0. The van der Waals surface area contributed by atoms with Gasteiger partial charge >= 0.3 is 11.9 Å². The van der Waals surface area contributed by atoms with Crippen LogP contribution in [0.4, 0.5) is 0 Å². The zero-order chi connectivity index (χ0) is 19.9. The lowest BCUT2D eigenvalue weighted by atomic mass is 10.1. The first-order valence-electron chi connectivity index (χ1n) is 8.95. The zero-order valence-corrected chi connectivity index (χ0v) is 17.4. The summed E-state index contributed by atoms with van der Waals surface area (Å²) < 4.78 is 20.3. The highest BCUT2D eigenvalue weighted by Gasteiger charge is 2.17. The first kappa shape index (κ1) is 26.1. The third kappa shape index (κ3) is 17.5. The third-order valence-corrected chi connectivity index (χ3v) is 3.78. The molecule has 0 atom stereocenters. The molecule has 0 aliphatic rings. The van der Waals surface area contributed by atoms with Crippen molar-refractivity contribution in [3.63, 3.8) is 0 Å². The van der Waals surface area contributed by atoms with Gasteiger partial charge in [-0.15, -0.1) is 0 Å². The van der Waals surface area contributed by atoms with Crippen LogP contribution in [0.2, 0.25) is 0 Å². The molecule has 0 aromatic heterocycles. The van der Waals surface area contributed by atoms with Crippen molar-refractivity contribution in [3.05, 3.63) is 0 Å². The molecule has 0 bridgehead atoms. The number of ether oxygens (including phenoxy) is 4. The molecule has 0 aromatic carbocycles. The lowest BCUT2D eigenvalue weighted by Crippen LogP contribution is -2.25. The summed E-state index contributed by atoms with van der Waals surface area (Å²) in [4.78, 5) is 21.7. The van der Waals surface area contributed by atoms with E-state index in [-0.39, 0.29) is 23.1 Å². The molecule has 0 aliphatic heterocycles. The van der Waals surface area contributed by atoms with Gasteiger partial charge in [0, 0.05) is 39.9 Å². The fraction of sp³-hybridized carbons (Fsp3) is 0.895. The summed E-state index contributed by atoms with van der Waals surface area (Å²) in [5.74, 6) is -0.267. The van der Waals surface area contributed by atoms with Gasteiger partial charge in [-0.3, -0.25) is 9.59 Å². The summed E-state index contributed by atoms with van der Waals surface area (Å²) in [7, 11) is 3.31. The molecule has 6 nitrogen and oxygen atoms in total. The normalized spacial score (nSPS) is 11.4. The summed E-state index contributed by atoms with van der Waals surface area (Å²) >= 11 is 0. The Bertz CT molecular complexity index is 363. The molecule has 6 heteroatoms. The van der Waals surface area contributed by atoms with Gasteiger partial charge in [-0.1, -0.05) is 13.8 Å². The van der Waals surface area contributed by atoms with Gasteiger partial charge in [0.05, 0.1) is 24.4 Å². The SMILES string of the molecule is CCC(=O)OCCC(C)(C)OC.CCCC(=O)OCCC(C)(C)OC. The summed E-state index contributed by atoms with van der Waals surface area (Å²) in [5.41, 5.74) is -0.402. The maximum Gasteiger partial charge on any atom is 0.305 e. The molecule has 0 saturated carbocycles. The molecule has 0 amide bonds. The third-order valence-electron chi connectivity index (χ3n) is 3.78. The quantitative estimate of drug-likeness (QED) is 0.519. The van der Waals surface area contributed by atoms with Crippen LogP contribution in [0.25, 0.3) is 0 Å². The number of carbonyl (C=O) groups excluding carboxylic acids is 2. The smallest absolute Gasteiger partial charge is 0.305 e. The van der Waals surface area contributed by atoms with Crippen molar-refractivity contribution >= 4 is 11.9 Å². The molecule has 0 N–H and O–H groups in total. The van der Waals surface area contributed by atoms with Gasteiger partial charge < -0.3 is 18.9 Å². The Balaban J connectivity index is 0. The van der Waals surface area contributed by atoms with Gasteiger partial charge in [-0.2, -0.15) is 0 Å². The van der Waals surface area contributed by atoms with Crippen LogP contribution in [0.3, 0.4) is 0 Å². The molecule has 150 valence electrons. The number of methoxy groups -OCH3 is 2. The average Bonchev–Trinajstić information content (AvgIpc) is 2.55. The largest absolute Gasteiger partial charge is 0.466 e. The fourth-order valence-electron chi connectivity index (χ4n) is 1.40. The van der Waals surface area contributed by atoms with Crippen molar-refractivity contribution in [1.29, 1.82) is 0 Å². The second-order valence-electron chi connectivity index (χ2n) is 6.97. The van der Waals surface area contributed by atoms with E-state index in [1.165, 1.54) is 0 Å². The Kier molecular flexibility index (Phi) is 14.7. The molecule has 0 saturated heterocycles. The van der Waals surface area contributed by atoms with E-state index in [0.29, 0.717) is 26.1 Å². The van der Waals surface area contributed by atoms with Gasteiger partial charge in [-0.25, -0.2) is 0 Å². The van der Waals surface area contributed by atoms with E-state index < -0.39 is 0 Å². The molecular weight excluding hydrogens is 324 g/mol. The summed E-state index contributed by atoms with van der Waals surface area (Å²) in [6.07, 6.45) is 3.25. The van der Waals surface area contributed by atoms with E-state index in [0.717, 1.165) is 19.3 Å². The van der Waals surface area contributed by atoms with E-state index in [9.17, 15) is 9.59 Å². The van der Waals surface area contributed by atoms with E-state index in [2.05, 4.69) is 0 Å². The Morgan fingerprint density at radius 3 is 1.48 bits per heavy atom. The van der Waals surface area contributed by atoms with Crippen LogP contribution in [0.1, 0.15) is 73.6 Å². The van der Waals surface area contributed by atoms with Crippen LogP contribution < -0.4 is 0 Å². The number of carbonyl (C=O) groups is 2. The van der Waals surface area contributed by atoms with Crippen molar-refractivity contribution in [2.75, 3.05) is 27.4 Å². The molecule has 0 unspecified atom stereocenters. The first-order valence-corrected chi connectivity index (χ1v) is 8.95. The van der Waals surface area contributed by atoms with E-state index >= 15 is 0 Å². The number of hydrogen-bond acceptors (Lipinski definition) is 6. The van der Waals surface area contributed by atoms with Crippen molar-refractivity contribution in [2.24, 2.45) is 0 Å². The van der Waals surface area contributed by atoms with Gasteiger partial charge in [0.15, 0.2) is 0 Å². The monoisotopic (exact) mass is 362 g/mol. The lowest BCUT2D eigenvalue weighted by molar-refractivity contribution is -0.146. The van der Waals surface area contributed by atoms with Crippen LogP contribution in [-0.2, 0) is 28.5 Å². The van der Waals surface area contributed by atoms with Gasteiger partial charge in [0.2, 0.25) is 0 Å². The van der Waals surface area contributed by atoms with Crippen LogP contribution in [-0.4, -0.2) is 50.6 Å². The minimum atomic E-state index is -0.202. The minimum Gasteiger partial charge on any atom is -0.466 e. The molecular formula is C19H38O6. The highest BCUT2D eigenvalue weighted by molar-refractivity contribution is 5.69. The second-order valence-corrected chi connectivity index (χ2v) is 6.97. The maximum absolute atomic E-state index is 11.0. The van der Waals surface area contributed by atoms with Crippen molar-refractivity contribution in [3.8, 4) is 0 Å². The average molecular weight is 363 g/mol. The highest BCUT2D eigenvalue weighted by Crippen LogP contribution is 2.13. The van der Waals surface area contributed by atoms with Crippen LogP contribution in [0, 0.1) is 0 Å². The standard InChI is InChI=1S/C10H20O3.C9H18O3/c1-5-6-9(11)13-8-7-10(2,3)12-4;1-5-8(10)12-7-6-9(2,3)11-4/h5-8H2,1-4H3;5-7H2,1-4H3. The molecule has 0 radical (unpaired) electrons.